The minimum absolute atomic E-state index is 0.0213. The summed E-state index contributed by atoms with van der Waals surface area (Å²) in [6, 6.07) is 0. The van der Waals surface area contributed by atoms with Crippen molar-refractivity contribution in [1.82, 2.24) is 0 Å². The molecule has 0 rings (SSSR count). The van der Waals surface area contributed by atoms with Crippen LogP contribution in [0.15, 0.2) is 48.6 Å². The molecular weight excluding hydrogens is 737 g/mol. The van der Waals surface area contributed by atoms with E-state index in [1.54, 1.807) is 0 Å². The van der Waals surface area contributed by atoms with E-state index in [1.807, 2.05) is 27.2 Å². The summed E-state index contributed by atoms with van der Waals surface area (Å²) in [6.07, 6.45) is 45.9. The Bertz CT molecular complexity index is 1110. The third-order valence-electron chi connectivity index (χ3n) is 9.61. The molecule has 2 atom stereocenters. The Kier molecular flexibility index (Phi) is 38.0. The van der Waals surface area contributed by atoms with Crippen LogP contribution in [0.25, 0.3) is 0 Å². The van der Waals surface area contributed by atoms with Crippen LogP contribution < -0.4 is 0 Å². The van der Waals surface area contributed by atoms with Crippen molar-refractivity contribution in [2.24, 2.45) is 0 Å². The van der Waals surface area contributed by atoms with E-state index in [0.717, 1.165) is 44.9 Å². The van der Waals surface area contributed by atoms with Crippen molar-refractivity contribution < 1.29 is 42.1 Å². The molecule has 0 aliphatic carbocycles. The van der Waals surface area contributed by atoms with Gasteiger partial charge in [0.2, 0.25) is 0 Å². The third-order valence-corrected chi connectivity index (χ3v) is 10.6. The monoisotopic (exact) mass is 825 g/mol. The fourth-order valence-electron chi connectivity index (χ4n) is 6.01. The van der Waals surface area contributed by atoms with Gasteiger partial charge < -0.3 is 18.9 Å². The number of esters is 2. The molecule has 10 heteroatoms. The molecule has 9 nitrogen and oxygen atoms in total. The molecule has 0 bridgehead atoms. The summed E-state index contributed by atoms with van der Waals surface area (Å²) >= 11 is 0. The lowest BCUT2D eigenvalue weighted by molar-refractivity contribution is -0.870. The summed E-state index contributed by atoms with van der Waals surface area (Å²) in [6.45, 7) is 4.34. The van der Waals surface area contributed by atoms with Crippen LogP contribution in [-0.2, 0) is 32.7 Å². The smallest absolute Gasteiger partial charge is 0.462 e. The molecule has 0 radical (unpaired) electrons. The number of rotatable bonds is 41. The highest BCUT2D eigenvalue weighted by molar-refractivity contribution is 7.47. The van der Waals surface area contributed by atoms with Crippen molar-refractivity contribution in [2.45, 2.75) is 193 Å². The summed E-state index contributed by atoms with van der Waals surface area (Å²) in [5.74, 6) is -0.861. The van der Waals surface area contributed by atoms with Gasteiger partial charge in [0.15, 0.2) is 6.10 Å². The van der Waals surface area contributed by atoms with Gasteiger partial charge in [0, 0.05) is 12.8 Å². The largest absolute Gasteiger partial charge is 0.472 e. The van der Waals surface area contributed by atoms with Gasteiger partial charge in [0.25, 0.3) is 0 Å². The normalized spacial score (nSPS) is 14.0. The average Bonchev–Trinajstić information content (AvgIpc) is 3.16. The summed E-state index contributed by atoms with van der Waals surface area (Å²) < 4.78 is 34.3. The molecule has 0 spiro atoms. The Morgan fingerprint density at radius 3 is 1.46 bits per heavy atom. The first-order valence-electron chi connectivity index (χ1n) is 22.9. The minimum Gasteiger partial charge on any atom is -0.462 e. The van der Waals surface area contributed by atoms with E-state index >= 15 is 0 Å². The second-order valence-electron chi connectivity index (χ2n) is 16.4. The third kappa shape index (κ3) is 43.4. The fourth-order valence-corrected chi connectivity index (χ4v) is 6.75. The number of ether oxygens (including phenoxy) is 2. The molecular formula is C47H87NO8P+. The van der Waals surface area contributed by atoms with Crippen LogP contribution >= 0.6 is 7.82 Å². The van der Waals surface area contributed by atoms with Crippen LogP contribution in [0.2, 0.25) is 0 Å². The molecule has 0 aromatic rings. The Labute approximate surface area is 350 Å². The van der Waals surface area contributed by atoms with Crippen LogP contribution in [0.4, 0.5) is 0 Å². The number of carbonyl (C=O) groups excluding carboxylic acids is 2. The zero-order chi connectivity index (χ0) is 42.1. The van der Waals surface area contributed by atoms with Gasteiger partial charge in [0.05, 0.1) is 27.7 Å². The second-order valence-corrected chi connectivity index (χ2v) is 17.9. The van der Waals surface area contributed by atoms with Crippen molar-refractivity contribution in [2.75, 3.05) is 47.5 Å². The Morgan fingerprint density at radius 2 is 0.965 bits per heavy atom. The first-order valence-corrected chi connectivity index (χ1v) is 24.4. The Hall–Kier alpha value is -2.03. The van der Waals surface area contributed by atoms with E-state index < -0.39 is 26.5 Å². The van der Waals surface area contributed by atoms with Crippen LogP contribution in [0, 0.1) is 0 Å². The molecule has 0 saturated heterocycles. The van der Waals surface area contributed by atoms with E-state index in [4.69, 9.17) is 18.5 Å². The first kappa shape index (κ1) is 55.0. The van der Waals surface area contributed by atoms with Gasteiger partial charge in [-0.3, -0.25) is 18.6 Å². The van der Waals surface area contributed by atoms with Gasteiger partial charge in [0.1, 0.15) is 19.8 Å². The van der Waals surface area contributed by atoms with Gasteiger partial charge in [-0.15, -0.1) is 0 Å². The molecule has 0 saturated carbocycles. The lowest BCUT2D eigenvalue weighted by Crippen LogP contribution is -2.37. The van der Waals surface area contributed by atoms with E-state index in [2.05, 4.69) is 56.4 Å². The Balaban J connectivity index is 4.42. The highest BCUT2D eigenvalue weighted by Gasteiger charge is 2.27. The topological polar surface area (TPSA) is 108 Å². The fraction of sp³-hybridized carbons (Fsp3) is 0.787. The molecule has 57 heavy (non-hydrogen) atoms. The minimum atomic E-state index is -4.39. The summed E-state index contributed by atoms with van der Waals surface area (Å²) in [5, 5.41) is 0. The Morgan fingerprint density at radius 1 is 0.544 bits per heavy atom. The molecule has 0 aromatic carbocycles. The predicted octanol–water partition coefficient (Wildman–Crippen LogP) is 13.1. The van der Waals surface area contributed by atoms with Gasteiger partial charge in [-0.25, -0.2) is 4.57 Å². The number of hydrogen-bond donors (Lipinski definition) is 1. The van der Waals surface area contributed by atoms with Gasteiger partial charge in [-0.1, -0.05) is 172 Å². The maximum Gasteiger partial charge on any atom is 0.472 e. The number of quaternary nitrogens is 1. The molecule has 332 valence electrons. The number of nitrogens with zero attached hydrogens (tertiary/aromatic N) is 1. The molecule has 0 aromatic heterocycles. The van der Waals surface area contributed by atoms with Crippen LogP contribution in [0.1, 0.15) is 187 Å². The zero-order valence-corrected chi connectivity index (χ0v) is 38.2. The number of likely N-dealkylation sites (N-methyl/N-ethyl adjacent to an activating group) is 1. The van der Waals surface area contributed by atoms with E-state index in [0.29, 0.717) is 17.4 Å². The molecule has 0 fully saturated rings. The lowest BCUT2D eigenvalue weighted by atomic mass is 10.0. The number of allylic oxidation sites excluding steroid dienone is 8. The van der Waals surface area contributed by atoms with Crippen molar-refractivity contribution >= 4 is 19.8 Å². The van der Waals surface area contributed by atoms with E-state index in [9.17, 15) is 19.0 Å². The number of carbonyl (C=O) groups is 2. The summed E-state index contributed by atoms with van der Waals surface area (Å²) in [5.41, 5.74) is 0. The lowest BCUT2D eigenvalue weighted by Gasteiger charge is -2.24. The van der Waals surface area contributed by atoms with Gasteiger partial charge in [-0.05, 0) is 51.4 Å². The maximum absolute atomic E-state index is 12.7. The van der Waals surface area contributed by atoms with E-state index in [-0.39, 0.29) is 32.0 Å². The SMILES string of the molecule is CCCCC/C=C\C/C=C\C/C=C\C/C=C\CCCC(=O)O[C@H](COC(=O)CCCCCCCCCCCCCCCCCC)COP(=O)(O)OCC[N+](C)(C)C. The summed E-state index contributed by atoms with van der Waals surface area (Å²) in [4.78, 5) is 35.4. The number of phosphoric ester groups is 1. The highest BCUT2D eigenvalue weighted by atomic mass is 31.2. The van der Waals surface area contributed by atoms with Crippen molar-refractivity contribution in [3.8, 4) is 0 Å². The molecule has 0 heterocycles. The quantitative estimate of drug-likeness (QED) is 0.0213. The van der Waals surface area contributed by atoms with E-state index in [1.165, 1.54) is 109 Å². The number of unbranched alkanes of at least 4 members (excludes halogenated alkanes) is 19. The molecule has 0 aliphatic rings. The molecule has 1 unspecified atom stereocenters. The molecule has 0 amide bonds. The van der Waals surface area contributed by atoms with Crippen LogP contribution in [0.5, 0.6) is 0 Å². The van der Waals surface area contributed by atoms with Crippen molar-refractivity contribution in [3.63, 3.8) is 0 Å². The van der Waals surface area contributed by atoms with Gasteiger partial charge >= 0.3 is 19.8 Å². The van der Waals surface area contributed by atoms with Crippen molar-refractivity contribution in [1.29, 1.82) is 0 Å². The number of hydrogen-bond acceptors (Lipinski definition) is 7. The first-order chi connectivity index (χ1) is 27.5. The van der Waals surface area contributed by atoms with Crippen molar-refractivity contribution in [3.05, 3.63) is 48.6 Å². The summed E-state index contributed by atoms with van der Waals surface area (Å²) in [7, 11) is 1.44. The number of phosphoric acid groups is 1. The zero-order valence-electron chi connectivity index (χ0n) is 37.3. The average molecular weight is 825 g/mol. The molecule has 1 N–H and O–H groups in total. The predicted molar refractivity (Wildman–Crippen MR) is 238 cm³/mol. The van der Waals surface area contributed by atoms with Gasteiger partial charge in [-0.2, -0.15) is 0 Å². The highest BCUT2D eigenvalue weighted by Crippen LogP contribution is 2.43. The molecule has 0 aliphatic heterocycles. The van der Waals surface area contributed by atoms with Crippen LogP contribution in [0.3, 0.4) is 0 Å². The second kappa shape index (κ2) is 39.4. The standard InChI is InChI=1S/C47H86NO8P/c1-6-8-10-12-14-16-18-20-22-24-26-28-30-32-34-36-38-40-47(50)56-45(44-55-57(51,52)54-42-41-48(3,4)5)43-53-46(49)39-37-35-33-31-29-27-25-23-21-19-17-15-13-11-9-7-2/h14,16,20,22,26,28,32,34,45H,6-13,15,17-19,21,23-25,27,29-31,33,35-44H2,1-5H3/p+1/b16-14-,22-20-,28-26-,34-32-/t45-/m1/s1. The van der Waals surface area contributed by atoms with Crippen LogP contribution in [-0.4, -0.2) is 74.9 Å². The maximum atomic E-state index is 12.7.